The smallest absolute Gasteiger partial charge is 0.325 e. The highest BCUT2D eigenvalue weighted by Gasteiger charge is 2.38. The number of nitrogens with one attached hydrogen (secondary N) is 1. The molecule has 1 saturated heterocycles. The van der Waals surface area contributed by atoms with Gasteiger partial charge in [0.05, 0.1) is 19.8 Å². The Morgan fingerprint density at radius 3 is 3.00 bits per heavy atom. The van der Waals surface area contributed by atoms with Crippen molar-refractivity contribution in [2.75, 3.05) is 33.4 Å². The summed E-state index contributed by atoms with van der Waals surface area (Å²) in [5.74, 6) is -0.171. The van der Waals surface area contributed by atoms with Crippen LogP contribution >= 0.6 is 0 Å². The number of hydrogen-bond acceptors (Lipinski definition) is 5. The van der Waals surface area contributed by atoms with Crippen molar-refractivity contribution >= 4 is 5.97 Å². The molecule has 0 aromatic rings. The molecule has 0 radical (unpaired) electrons. The van der Waals surface area contributed by atoms with Gasteiger partial charge in [-0.25, -0.2) is 0 Å². The summed E-state index contributed by atoms with van der Waals surface area (Å²) in [4.78, 5) is 14.5. The van der Waals surface area contributed by atoms with E-state index in [2.05, 4.69) is 10.2 Å². The largest absolute Gasteiger partial charge is 0.468 e. The third-order valence-electron chi connectivity index (χ3n) is 4.70. The van der Waals surface area contributed by atoms with Gasteiger partial charge in [0.2, 0.25) is 0 Å². The number of ether oxygens (including phenoxy) is 2. The van der Waals surface area contributed by atoms with Gasteiger partial charge in [0, 0.05) is 19.1 Å². The van der Waals surface area contributed by atoms with Gasteiger partial charge in [-0.2, -0.15) is 0 Å². The topological polar surface area (TPSA) is 50.8 Å². The lowest BCUT2D eigenvalue weighted by Gasteiger charge is -2.39. The summed E-state index contributed by atoms with van der Waals surface area (Å²) in [5.41, 5.74) is -0.587. The van der Waals surface area contributed by atoms with Crippen molar-refractivity contribution in [2.45, 2.75) is 57.2 Å². The molecule has 1 N–H and O–H groups in total. The van der Waals surface area contributed by atoms with Gasteiger partial charge in [-0.3, -0.25) is 9.69 Å². The maximum absolute atomic E-state index is 12.0. The summed E-state index contributed by atoms with van der Waals surface area (Å²) in [6.07, 6.45) is 4.85. The zero-order valence-corrected chi connectivity index (χ0v) is 13.0. The van der Waals surface area contributed by atoms with E-state index in [4.69, 9.17) is 9.47 Å². The van der Waals surface area contributed by atoms with Crippen molar-refractivity contribution < 1.29 is 14.3 Å². The Morgan fingerprint density at radius 1 is 1.50 bits per heavy atom. The summed E-state index contributed by atoms with van der Waals surface area (Å²) >= 11 is 0. The van der Waals surface area contributed by atoms with Crippen LogP contribution in [0.25, 0.3) is 0 Å². The minimum Gasteiger partial charge on any atom is -0.468 e. The van der Waals surface area contributed by atoms with Crippen molar-refractivity contribution in [2.24, 2.45) is 0 Å². The monoisotopic (exact) mass is 284 g/mol. The molecule has 1 saturated carbocycles. The second-order valence-electron chi connectivity index (χ2n) is 6.05. The molecule has 2 rings (SSSR count). The lowest BCUT2D eigenvalue weighted by molar-refractivity contribution is -0.148. The van der Waals surface area contributed by atoms with Crippen molar-refractivity contribution in [1.29, 1.82) is 0 Å². The molecular weight excluding hydrogens is 256 g/mol. The molecule has 5 nitrogen and oxygen atoms in total. The molecule has 20 heavy (non-hydrogen) atoms. The standard InChI is InChI=1S/C15H28N2O3/c1-4-16-15(2,14(18)19-3)8-9-17-10-11-20-13-7-5-6-12(13)17/h12-13,16H,4-11H2,1-3H3. The second-order valence-corrected chi connectivity index (χ2v) is 6.05. The number of fused-ring (bicyclic) bond motifs is 1. The van der Waals surface area contributed by atoms with Gasteiger partial charge < -0.3 is 14.8 Å². The predicted molar refractivity (Wildman–Crippen MR) is 77.7 cm³/mol. The van der Waals surface area contributed by atoms with E-state index >= 15 is 0 Å². The van der Waals surface area contributed by atoms with Crippen LogP contribution in [-0.4, -0.2) is 61.9 Å². The van der Waals surface area contributed by atoms with Gasteiger partial charge in [-0.05, 0) is 39.2 Å². The van der Waals surface area contributed by atoms with Crippen molar-refractivity contribution in [3.05, 3.63) is 0 Å². The SMILES string of the molecule is CCNC(C)(CCN1CCOC2CCCC21)C(=O)OC. The summed E-state index contributed by atoms with van der Waals surface area (Å²) in [7, 11) is 1.46. The van der Waals surface area contributed by atoms with Crippen LogP contribution in [0, 0.1) is 0 Å². The van der Waals surface area contributed by atoms with Gasteiger partial charge >= 0.3 is 5.97 Å². The van der Waals surface area contributed by atoms with Crippen LogP contribution in [0.3, 0.4) is 0 Å². The fraction of sp³-hybridized carbons (Fsp3) is 0.933. The molecule has 1 heterocycles. The third-order valence-corrected chi connectivity index (χ3v) is 4.70. The lowest BCUT2D eigenvalue weighted by Crippen LogP contribution is -2.54. The van der Waals surface area contributed by atoms with Crippen molar-refractivity contribution in [3.8, 4) is 0 Å². The quantitative estimate of drug-likeness (QED) is 0.742. The number of nitrogens with zero attached hydrogens (tertiary/aromatic N) is 1. The Hall–Kier alpha value is -0.650. The summed E-state index contributed by atoms with van der Waals surface area (Å²) in [5, 5.41) is 3.28. The molecular formula is C15H28N2O3. The first-order valence-electron chi connectivity index (χ1n) is 7.80. The molecule has 0 amide bonds. The number of carbonyl (C=O) groups is 1. The van der Waals surface area contributed by atoms with Gasteiger partial charge in [0.25, 0.3) is 0 Å². The Bertz CT molecular complexity index is 337. The third kappa shape index (κ3) is 3.32. The van der Waals surface area contributed by atoms with Crippen LogP contribution in [0.5, 0.6) is 0 Å². The van der Waals surface area contributed by atoms with Gasteiger partial charge in [0.1, 0.15) is 5.54 Å². The fourth-order valence-electron chi connectivity index (χ4n) is 3.53. The normalized spacial score (nSPS) is 29.8. The van der Waals surface area contributed by atoms with Crippen LogP contribution in [0.4, 0.5) is 0 Å². The Kier molecular flexibility index (Phi) is 5.41. The predicted octanol–water partition coefficient (Wildman–Crippen LogP) is 1.17. The number of rotatable bonds is 6. The molecule has 0 spiro atoms. The minimum atomic E-state index is -0.587. The first-order chi connectivity index (χ1) is 9.60. The summed E-state index contributed by atoms with van der Waals surface area (Å²) < 4.78 is 10.8. The molecule has 0 aromatic carbocycles. The van der Waals surface area contributed by atoms with Gasteiger partial charge in [-0.15, -0.1) is 0 Å². The molecule has 5 heteroatoms. The first kappa shape index (κ1) is 15.7. The van der Waals surface area contributed by atoms with Crippen LogP contribution in [0.2, 0.25) is 0 Å². The maximum Gasteiger partial charge on any atom is 0.325 e. The van der Waals surface area contributed by atoms with Crippen LogP contribution in [-0.2, 0) is 14.3 Å². The number of likely N-dealkylation sites (N-methyl/N-ethyl adjacent to an activating group) is 1. The van der Waals surface area contributed by atoms with Gasteiger partial charge in [-0.1, -0.05) is 6.92 Å². The Labute approximate surface area is 122 Å². The Balaban J connectivity index is 1.93. The van der Waals surface area contributed by atoms with Crippen molar-refractivity contribution in [3.63, 3.8) is 0 Å². The van der Waals surface area contributed by atoms with E-state index in [0.29, 0.717) is 12.1 Å². The van der Waals surface area contributed by atoms with E-state index in [1.807, 2.05) is 13.8 Å². The Morgan fingerprint density at radius 2 is 2.30 bits per heavy atom. The fourth-order valence-corrected chi connectivity index (χ4v) is 3.53. The maximum atomic E-state index is 12.0. The van der Waals surface area contributed by atoms with Gasteiger partial charge in [0.15, 0.2) is 0 Å². The second kappa shape index (κ2) is 6.87. The van der Waals surface area contributed by atoms with Crippen LogP contribution in [0.1, 0.15) is 39.5 Å². The number of hydrogen-bond donors (Lipinski definition) is 1. The van der Waals surface area contributed by atoms with Crippen molar-refractivity contribution in [1.82, 2.24) is 10.2 Å². The molecule has 0 aromatic heterocycles. The summed E-state index contributed by atoms with van der Waals surface area (Å²) in [6, 6.07) is 0.548. The molecule has 1 aliphatic heterocycles. The zero-order valence-electron chi connectivity index (χ0n) is 13.0. The highest BCUT2D eigenvalue weighted by atomic mass is 16.5. The minimum absolute atomic E-state index is 0.171. The van der Waals surface area contributed by atoms with E-state index in [-0.39, 0.29) is 5.97 Å². The molecule has 0 bridgehead atoms. The molecule has 3 unspecified atom stereocenters. The zero-order chi connectivity index (χ0) is 14.6. The highest BCUT2D eigenvalue weighted by molar-refractivity contribution is 5.80. The molecule has 2 aliphatic rings. The van der Waals surface area contributed by atoms with E-state index in [1.165, 1.54) is 26.4 Å². The average molecular weight is 284 g/mol. The van der Waals surface area contributed by atoms with E-state index < -0.39 is 5.54 Å². The van der Waals surface area contributed by atoms with Crippen LogP contribution in [0.15, 0.2) is 0 Å². The highest BCUT2D eigenvalue weighted by Crippen LogP contribution is 2.30. The van der Waals surface area contributed by atoms with E-state index in [0.717, 1.165) is 32.7 Å². The molecule has 3 atom stereocenters. The number of carbonyl (C=O) groups excluding carboxylic acids is 1. The summed E-state index contributed by atoms with van der Waals surface area (Å²) in [6.45, 7) is 7.43. The molecule has 1 aliphatic carbocycles. The number of methoxy groups -OCH3 is 1. The van der Waals surface area contributed by atoms with Crippen LogP contribution < -0.4 is 5.32 Å². The first-order valence-corrected chi connectivity index (χ1v) is 7.80. The number of morpholine rings is 1. The van der Waals surface area contributed by atoms with E-state index in [9.17, 15) is 4.79 Å². The number of esters is 1. The molecule has 2 fully saturated rings. The van der Waals surface area contributed by atoms with E-state index in [1.54, 1.807) is 0 Å². The molecule has 116 valence electrons. The average Bonchev–Trinajstić information content (AvgIpc) is 2.93. The lowest BCUT2D eigenvalue weighted by atomic mass is 9.96.